The predicted octanol–water partition coefficient (Wildman–Crippen LogP) is 5.08. The highest BCUT2D eigenvalue weighted by molar-refractivity contribution is 5.98. The molecule has 0 N–H and O–H groups in total. The number of carbonyl (C=O) groups is 1. The summed E-state index contributed by atoms with van der Waals surface area (Å²) < 4.78 is 34.8. The molecular formula is C32H31NO7. The number of rotatable bonds is 6. The molecule has 0 saturated carbocycles. The van der Waals surface area contributed by atoms with Crippen LogP contribution in [-0.4, -0.2) is 51.6 Å². The summed E-state index contributed by atoms with van der Waals surface area (Å²) in [7, 11) is 4.70. The third-order valence-corrected chi connectivity index (χ3v) is 7.79. The second-order valence-corrected chi connectivity index (χ2v) is 9.80. The normalized spacial score (nSPS) is 19.6. The molecule has 0 amide bonds. The quantitative estimate of drug-likeness (QED) is 0.316. The molecule has 0 fully saturated rings. The third-order valence-electron chi connectivity index (χ3n) is 7.79. The Kier molecular flexibility index (Phi) is 6.91. The zero-order valence-corrected chi connectivity index (χ0v) is 23.0. The lowest BCUT2D eigenvalue weighted by molar-refractivity contribution is -0.00374. The second-order valence-electron chi connectivity index (χ2n) is 9.80. The molecular weight excluding hydrogens is 510 g/mol. The van der Waals surface area contributed by atoms with Gasteiger partial charge in [-0.2, -0.15) is 0 Å². The highest BCUT2D eigenvalue weighted by Crippen LogP contribution is 2.56. The van der Waals surface area contributed by atoms with Gasteiger partial charge in [0, 0.05) is 23.2 Å². The Bertz CT molecular complexity index is 1510. The Morgan fingerprint density at radius 2 is 1.82 bits per heavy atom. The maximum Gasteiger partial charge on any atom is 0.343 e. The summed E-state index contributed by atoms with van der Waals surface area (Å²) in [5, 5.41) is 0. The zero-order valence-electron chi connectivity index (χ0n) is 23.0. The molecule has 0 spiro atoms. The summed E-state index contributed by atoms with van der Waals surface area (Å²) in [6.45, 7) is 2.96. The molecule has 1 unspecified atom stereocenters. The van der Waals surface area contributed by atoms with Gasteiger partial charge in [-0.25, -0.2) is 4.79 Å². The van der Waals surface area contributed by atoms with E-state index in [1.165, 1.54) is 7.11 Å². The van der Waals surface area contributed by atoms with Crippen molar-refractivity contribution in [2.24, 2.45) is 0 Å². The molecule has 3 aliphatic heterocycles. The largest absolute Gasteiger partial charge is 0.493 e. The van der Waals surface area contributed by atoms with Crippen LogP contribution in [0.25, 0.3) is 0 Å². The molecule has 3 atom stereocenters. The lowest BCUT2D eigenvalue weighted by Crippen LogP contribution is -2.44. The highest BCUT2D eigenvalue weighted by Gasteiger charge is 2.48. The number of hydrogen-bond donors (Lipinski definition) is 0. The zero-order chi connectivity index (χ0) is 27.8. The number of hydrogen-bond acceptors (Lipinski definition) is 8. The van der Waals surface area contributed by atoms with Gasteiger partial charge in [-0.05, 0) is 42.7 Å². The van der Waals surface area contributed by atoms with Gasteiger partial charge < -0.3 is 28.4 Å². The van der Waals surface area contributed by atoms with Crippen LogP contribution in [0.4, 0.5) is 0 Å². The van der Waals surface area contributed by atoms with E-state index in [0.29, 0.717) is 40.9 Å². The number of cyclic esters (lactones) is 1. The summed E-state index contributed by atoms with van der Waals surface area (Å²) in [4.78, 5) is 15.7. The first kappa shape index (κ1) is 25.9. The molecule has 8 heteroatoms. The standard InChI is InChI=1S/C32H31NO7/c1-5-21(12-11-19-9-7-6-8-10-19)33-16-15-20-17-24-30(39-18-38-24)31(37-4)25(20)27(33)28-22-13-14-23(35-2)29(36-3)26(22)32(34)40-28/h6-10,13-14,17,21,27-28H,5,15-16,18H2,1-4H3/t21?,27-,28+/m0/s1. The molecule has 8 nitrogen and oxygen atoms in total. The van der Waals surface area contributed by atoms with E-state index in [9.17, 15) is 4.79 Å². The third kappa shape index (κ3) is 4.18. The van der Waals surface area contributed by atoms with Crippen LogP contribution in [0.1, 0.15) is 58.1 Å². The first-order valence-corrected chi connectivity index (χ1v) is 13.4. The van der Waals surface area contributed by atoms with E-state index < -0.39 is 18.1 Å². The minimum atomic E-state index is -0.636. The Hall–Kier alpha value is -4.35. The van der Waals surface area contributed by atoms with Crippen molar-refractivity contribution < 1.29 is 33.2 Å². The fourth-order valence-electron chi connectivity index (χ4n) is 6.01. The second kappa shape index (κ2) is 10.7. The molecule has 3 heterocycles. The van der Waals surface area contributed by atoms with Gasteiger partial charge in [0.25, 0.3) is 0 Å². The van der Waals surface area contributed by atoms with Gasteiger partial charge in [0.1, 0.15) is 11.7 Å². The molecule has 0 radical (unpaired) electrons. The van der Waals surface area contributed by atoms with Gasteiger partial charge in [0.05, 0.1) is 33.4 Å². The van der Waals surface area contributed by atoms with Gasteiger partial charge in [-0.15, -0.1) is 0 Å². The molecule has 40 heavy (non-hydrogen) atoms. The van der Waals surface area contributed by atoms with Gasteiger partial charge in [0.15, 0.2) is 23.0 Å². The molecule has 206 valence electrons. The smallest absolute Gasteiger partial charge is 0.343 e. The maximum atomic E-state index is 13.4. The number of benzene rings is 3. The lowest BCUT2D eigenvalue weighted by atomic mass is 9.84. The molecule has 0 aliphatic carbocycles. The van der Waals surface area contributed by atoms with E-state index in [1.807, 2.05) is 48.5 Å². The minimum absolute atomic E-state index is 0.114. The molecule has 0 bridgehead atoms. The maximum absolute atomic E-state index is 13.4. The van der Waals surface area contributed by atoms with Crippen molar-refractivity contribution in [3.05, 3.63) is 76.3 Å². The Labute approximate surface area is 233 Å². The van der Waals surface area contributed by atoms with Crippen molar-refractivity contribution in [3.8, 4) is 40.6 Å². The van der Waals surface area contributed by atoms with Gasteiger partial charge in [-0.3, -0.25) is 4.90 Å². The molecule has 3 aromatic rings. The Morgan fingerprint density at radius 3 is 2.55 bits per heavy atom. The fraction of sp³-hybridized carbons (Fsp3) is 0.344. The van der Waals surface area contributed by atoms with Crippen LogP contribution in [0.3, 0.4) is 0 Å². The van der Waals surface area contributed by atoms with Crippen LogP contribution in [-0.2, 0) is 11.2 Å². The van der Waals surface area contributed by atoms with Gasteiger partial charge >= 0.3 is 5.97 Å². The predicted molar refractivity (Wildman–Crippen MR) is 147 cm³/mol. The SMILES string of the molecule is CCC(C#Cc1ccccc1)N1CCc2cc3c(c(OC)c2[C@H]1[C@@H]1OC(=O)c2c1ccc(OC)c2OC)OCO3. The number of carbonyl (C=O) groups excluding carboxylic acids is 1. The Morgan fingerprint density at radius 1 is 1.02 bits per heavy atom. The van der Waals surface area contributed by atoms with Crippen LogP contribution < -0.4 is 23.7 Å². The monoisotopic (exact) mass is 541 g/mol. The Balaban J connectivity index is 1.53. The fourth-order valence-corrected chi connectivity index (χ4v) is 6.01. The summed E-state index contributed by atoms with van der Waals surface area (Å²) in [6.07, 6.45) is 0.892. The average molecular weight is 542 g/mol. The number of ether oxygens (including phenoxy) is 6. The molecule has 3 aromatic carbocycles. The van der Waals surface area contributed by atoms with E-state index in [0.717, 1.165) is 35.1 Å². The first-order chi connectivity index (χ1) is 19.6. The topological polar surface area (TPSA) is 75.7 Å². The number of fused-ring (bicyclic) bond motifs is 3. The molecule has 3 aliphatic rings. The highest BCUT2D eigenvalue weighted by atomic mass is 16.7. The van der Waals surface area contributed by atoms with E-state index >= 15 is 0 Å². The van der Waals surface area contributed by atoms with Crippen LogP contribution in [0, 0.1) is 11.8 Å². The summed E-state index contributed by atoms with van der Waals surface area (Å²) in [6, 6.07) is 15.1. The van der Waals surface area contributed by atoms with Crippen molar-refractivity contribution in [1.82, 2.24) is 4.90 Å². The molecule has 0 saturated heterocycles. The number of nitrogens with zero attached hydrogens (tertiary/aromatic N) is 1. The summed E-state index contributed by atoms with van der Waals surface area (Å²) >= 11 is 0. The van der Waals surface area contributed by atoms with Crippen LogP contribution in [0.2, 0.25) is 0 Å². The summed E-state index contributed by atoms with van der Waals surface area (Å²) in [5.41, 5.74) is 4.04. The minimum Gasteiger partial charge on any atom is -0.493 e. The lowest BCUT2D eigenvalue weighted by Gasteiger charge is -2.43. The summed E-state index contributed by atoms with van der Waals surface area (Å²) in [5.74, 6) is 9.05. The van der Waals surface area contributed by atoms with E-state index in [-0.39, 0.29) is 12.8 Å². The first-order valence-electron chi connectivity index (χ1n) is 13.4. The number of esters is 1. The van der Waals surface area contributed by atoms with Crippen LogP contribution in [0.5, 0.6) is 28.7 Å². The van der Waals surface area contributed by atoms with Crippen molar-refractivity contribution >= 4 is 5.97 Å². The van der Waals surface area contributed by atoms with Crippen molar-refractivity contribution in [1.29, 1.82) is 0 Å². The van der Waals surface area contributed by atoms with Crippen molar-refractivity contribution in [3.63, 3.8) is 0 Å². The van der Waals surface area contributed by atoms with Crippen molar-refractivity contribution in [2.75, 3.05) is 34.7 Å². The molecule has 0 aromatic heterocycles. The molecule has 6 rings (SSSR count). The van der Waals surface area contributed by atoms with Crippen molar-refractivity contribution in [2.45, 2.75) is 38.0 Å². The van der Waals surface area contributed by atoms with E-state index in [2.05, 4.69) is 23.7 Å². The van der Waals surface area contributed by atoms with E-state index in [4.69, 9.17) is 28.4 Å². The van der Waals surface area contributed by atoms with E-state index in [1.54, 1.807) is 14.2 Å². The van der Waals surface area contributed by atoms with Gasteiger partial charge in [0.2, 0.25) is 12.5 Å². The van der Waals surface area contributed by atoms with Gasteiger partial charge in [-0.1, -0.05) is 43.0 Å². The number of methoxy groups -OCH3 is 3. The van der Waals surface area contributed by atoms with Crippen LogP contribution >= 0.6 is 0 Å². The average Bonchev–Trinajstić information content (AvgIpc) is 3.60. The van der Waals surface area contributed by atoms with Crippen LogP contribution in [0.15, 0.2) is 48.5 Å².